The van der Waals surface area contributed by atoms with Gasteiger partial charge in [-0.15, -0.1) is 18.3 Å². The second-order valence-electron chi connectivity index (χ2n) is 10.5. The minimum atomic E-state index is -4.77. The summed E-state index contributed by atoms with van der Waals surface area (Å²) < 4.78 is 42.6. The Morgan fingerprint density at radius 2 is 1.84 bits per heavy atom. The number of nitrogens with zero attached hydrogens (tertiary/aromatic N) is 7. The Balaban J connectivity index is 1.26. The van der Waals surface area contributed by atoms with Crippen LogP contribution in [0, 0.1) is 18.3 Å². The van der Waals surface area contributed by atoms with Crippen LogP contribution in [0.3, 0.4) is 0 Å². The van der Waals surface area contributed by atoms with E-state index in [9.17, 15) is 23.2 Å². The molecule has 230 valence electrons. The first-order valence-corrected chi connectivity index (χ1v) is 14.9. The number of carbonyl (C=O) groups excluding carboxylic acids is 1. The highest BCUT2D eigenvalue weighted by Gasteiger charge is 2.31. The van der Waals surface area contributed by atoms with Gasteiger partial charge in [-0.25, -0.2) is 19.5 Å². The molecule has 1 aliphatic rings. The number of alkyl halides is 3. The topological polar surface area (TPSA) is 109 Å². The average Bonchev–Trinajstić information content (AvgIpc) is 3.68. The van der Waals surface area contributed by atoms with Crippen molar-refractivity contribution in [2.75, 3.05) is 17.2 Å². The number of hydrogen-bond donors (Lipinski definition) is 0. The van der Waals surface area contributed by atoms with Crippen molar-refractivity contribution < 1.29 is 22.7 Å². The number of rotatable bonds is 7. The molecule has 0 saturated carbocycles. The van der Waals surface area contributed by atoms with Crippen LogP contribution >= 0.6 is 11.8 Å². The highest BCUT2D eigenvalue weighted by molar-refractivity contribution is 8.14. The molecule has 0 radical (unpaired) electrons. The summed E-state index contributed by atoms with van der Waals surface area (Å²) in [4.78, 5) is 27.3. The lowest BCUT2D eigenvalue weighted by molar-refractivity contribution is -0.274. The number of benzene rings is 3. The molecular weight excluding hydrogens is 603 g/mol. The van der Waals surface area contributed by atoms with Crippen LogP contribution in [-0.2, 0) is 0 Å². The number of carbonyl (C=O) groups is 1. The van der Waals surface area contributed by atoms with E-state index in [1.54, 1.807) is 24.3 Å². The Hall–Kier alpha value is -4.96. The van der Waals surface area contributed by atoms with Crippen LogP contribution in [0.4, 0.5) is 23.7 Å². The van der Waals surface area contributed by atoms with Gasteiger partial charge in [-0.1, -0.05) is 62.0 Å². The van der Waals surface area contributed by atoms with Crippen LogP contribution in [0.15, 0.2) is 83.0 Å². The number of aliphatic imine (C=N–C) groups is 2. The molecule has 0 N–H and O–H groups in total. The molecule has 0 aliphatic carbocycles. The van der Waals surface area contributed by atoms with Gasteiger partial charge in [0.25, 0.3) is 0 Å². The summed E-state index contributed by atoms with van der Waals surface area (Å²) in [7, 11) is 0. The number of nitriles is 1. The molecule has 2 heterocycles. The molecule has 1 aliphatic heterocycles. The molecule has 1 atom stereocenters. The van der Waals surface area contributed by atoms with E-state index in [0.717, 1.165) is 23.5 Å². The molecule has 13 heteroatoms. The van der Waals surface area contributed by atoms with E-state index in [-0.39, 0.29) is 5.75 Å². The second-order valence-corrected chi connectivity index (χ2v) is 11.5. The first-order chi connectivity index (χ1) is 21.5. The molecule has 2 amide bonds. The Bertz CT molecular complexity index is 1780. The monoisotopic (exact) mass is 631 g/mol. The number of aromatic nitrogens is 3. The van der Waals surface area contributed by atoms with E-state index in [0.29, 0.717) is 33.7 Å². The van der Waals surface area contributed by atoms with E-state index >= 15 is 0 Å². The number of ether oxygens (including phenoxy) is 1. The van der Waals surface area contributed by atoms with Gasteiger partial charge >= 0.3 is 12.4 Å². The minimum Gasteiger partial charge on any atom is -0.406 e. The molecule has 0 bridgehead atoms. The molecule has 1 unspecified atom stereocenters. The number of anilines is 1. The van der Waals surface area contributed by atoms with Crippen LogP contribution in [0.1, 0.15) is 42.4 Å². The maximum atomic E-state index is 12.7. The maximum Gasteiger partial charge on any atom is 0.573 e. The van der Waals surface area contributed by atoms with Crippen LogP contribution in [0.2, 0.25) is 0 Å². The van der Waals surface area contributed by atoms with Gasteiger partial charge in [-0.05, 0) is 59.9 Å². The molecule has 1 aromatic heterocycles. The van der Waals surface area contributed by atoms with Crippen molar-refractivity contribution in [1.82, 2.24) is 14.8 Å². The van der Waals surface area contributed by atoms with Crippen molar-refractivity contribution in [1.29, 1.82) is 5.26 Å². The summed E-state index contributed by atoms with van der Waals surface area (Å²) in [5.41, 5.74) is 5.09. The molecule has 5 rings (SSSR count). The van der Waals surface area contributed by atoms with Crippen molar-refractivity contribution in [3.63, 3.8) is 0 Å². The molecule has 3 aromatic carbocycles. The fourth-order valence-corrected chi connectivity index (χ4v) is 5.64. The predicted molar refractivity (Wildman–Crippen MR) is 168 cm³/mol. The number of amidine groups is 1. The standard InChI is InChI=1S/C32H28F3N7O2S/c1-20(2)27-13-4-21(3)16-28(27)41-14-15-45-31(41)39-30(43)37-18-24(17-36)22-5-7-23(8-6-22)29-38-19-42(40-29)25-9-11-26(12-10-25)44-32(33,34)35/h4-13,16,18-20,24H,14-15H2,1-3H3. The average molecular weight is 632 g/mol. The second kappa shape index (κ2) is 13.4. The summed E-state index contributed by atoms with van der Waals surface area (Å²) in [6.45, 7) is 7.02. The molecule has 9 nitrogen and oxygen atoms in total. The third-order valence-corrected chi connectivity index (χ3v) is 7.85. The van der Waals surface area contributed by atoms with Crippen molar-refractivity contribution in [3.8, 4) is 28.9 Å². The van der Waals surface area contributed by atoms with Gasteiger partial charge in [0.1, 0.15) is 18.0 Å². The van der Waals surface area contributed by atoms with Gasteiger partial charge in [-0.3, -0.25) is 0 Å². The van der Waals surface area contributed by atoms with Crippen LogP contribution in [-0.4, -0.2) is 50.8 Å². The number of hydrogen-bond acceptors (Lipinski definition) is 6. The van der Waals surface area contributed by atoms with E-state index in [2.05, 4.69) is 62.9 Å². The summed E-state index contributed by atoms with van der Waals surface area (Å²) in [6, 6.07) is 19.9. The third kappa shape index (κ3) is 7.77. The highest BCUT2D eigenvalue weighted by Crippen LogP contribution is 2.33. The molecule has 0 spiro atoms. The van der Waals surface area contributed by atoms with Gasteiger partial charge < -0.3 is 9.64 Å². The predicted octanol–water partition coefficient (Wildman–Crippen LogP) is 7.67. The number of thioether (sulfide) groups is 1. The van der Waals surface area contributed by atoms with E-state index < -0.39 is 18.3 Å². The van der Waals surface area contributed by atoms with Crippen LogP contribution < -0.4 is 9.64 Å². The lowest BCUT2D eigenvalue weighted by atomic mass is 9.99. The Morgan fingerprint density at radius 3 is 2.51 bits per heavy atom. The lowest BCUT2D eigenvalue weighted by Crippen LogP contribution is -2.26. The summed E-state index contributed by atoms with van der Waals surface area (Å²) in [5, 5.41) is 14.7. The molecule has 45 heavy (non-hydrogen) atoms. The van der Waals surface area contributed by atoms with E-state index in [1.165, 1.54) is 58.8 Å². The largest absolute Gasteiger partial charge is 0.573 e. The zero-order valence-electron chi connectivity index (χ0n) is 24.6. The van der Waals surface area contributed by atoms with Gasteiger partial charge in [0.05, 0.1) is 11.8 Å². The van der Waals surface area contributed by atoms with E-state index in [4.69, 9.17) is 0 Å². The fourth-order valence-electron chi connectivity index (χ4n) is 4.70. The molecule has 4 aromatic rings. The third-order valence-electron chi connectivity index (χ3n) is 6.89. The van der Waals surface area contributed by atoms with Crippen molar-refractivity contribution in [2.45, 2.75) is 39.0 Å². The molecular formula is C32H28F3N7O2S. The number of amides is 2. The number of aryl methyl sites for hydroxylation is 1. The Labute approximate surface area is 262 Å². The summed E-state index contributed by atoms with van der Waals surface area (Å²) >= 11 is 1.49. The Kier molecular flexibility index (Phi) is 9.34. The van der Waals surface area contributed by atoms with Gasteiger partial charge in [-0.2, -0.15) is 10.3 Å². The quantitative estimate of drug-likeness (QED) is 0.193. The summed E-state index contributed by atoms with van der Waals surface area (Å²) in [6.07, 6.45) is -2.05. The lowest BCUT2D eigenvalue weighted by Gasteiger charge is -2.23. The molecule has 1 saturated heterocycles. The normalized spacial score (nSPS) is 15.2. The maximum absolute atomic E-state index is 12.7. The first-order valence-electron chi connectivity index (χ1n) is 14.0. The van der Waals surface area contributed by atoms with Gasteiger partial charge in [0.2, 0.25) is 0 Å². The first kappa shape index (κ1) is 31.5. The van der Waals surface area contributed by atoms with Crippen molar-refractivity contribution in [2.24, 2.45) is 9.98 Å². The van der Waals surface area contributed by atoms with Crippen molar-refractivity contribution in [3.05, 3.63) is 89.7 Å². The smallest absolute Gasteiger partial charge is 0.406 e. The Morgan fingerprint density at radius 1 is 1.11 bits per heavy atom. The van der Waals surface area contributed by atoms with Crippen LogP contribution in [0.5, 0.6) is 5.75 Å². The zero-order valence-corrected chi connectivity index (χ0v) is 25.4. The minimum absolute atomic E-state index is 0.304. The van der Waals surface area contributed by atoms with E-state index in [1.807, 2.05) is 11.8 Å². The van der Waals surface area contributed by atoms with Gasteiger partial charge in [0.15, 0.2) is 11.0 Å². The number of urea groups is 1. The molecule has 1 fully saturated rings. The zero-order chi connectivity index (χ0) is 32.1. The summed E-state index contributed by atoms with van der Waals surface area (Å²) in [5.74, 6) is 0.345. The number of halogens is 3. The van der Waals surface area contributed by atoms with Crippen LogP contribution in [0.25, 0.3) is 17.1 Å². The SMILES string of the molecule is Cc1ccc(C(C)C)c(N2CCSC2=NC(=O)N=CC(C#N)c2ccc(-c3ncn(-c4ccc(OC(F)(F)F)cc4)n3)cc2)c1. The van der Waals surface area contributed by atoms with Gasteiger partial charge in [0, 0.05) is 29.8 Å². The highest BCUT2D eigenvalue weighted by atomic mass is 32.2. The fraction of sp³-hybridized carbons (Fsp3) is 0.250. The van der Waals surface area contributed by atoms with Crippen molar-refractivity contribution >= 4 is 34.9 Å².